The molecule has 2 aromatic heterocycles. The van der Waals surface area contributed by atoms with E-state index in [0.29, 0.717) is 5.92 Å². The maximum absolute atomic E-state index is 4.39. The monoisotopic (exact) mass is 290 g/mol. The fourth-order valence-electron chi connectivity index (χ4n) is 2.22. The van der Waals surface area contributed by atoms with Crippen LogP contribution in [0.2, 0.25) is 0 Å². The summed E-state index contributed by atoms with van der Waals surface area (Å²) < 4.78 is 4.10. The first kappa shape index (κ1) is 15.7. The SMILES string of the molecule is CCCc1nccn1CCn1cc(CNCC(C)C)nn1. The molecule has 0 spiro atoms. The Morgan fingerprint density at radius 3 is 2.90 bits per heavy atom. The highest BCUT2D eigenvalue weighted by molar-refractivity contribution is 4.93. The topological polar surface area (TPSA) is 60.6 Å². The Balaban J connectivity index is 1.81. The Bertz CT molecular complexity index is 528. The van der Waals surface area contributed by atoms with Crippen LogP contribution in [0.15, 0.2) is 18.6 Å². The van der Waals surface area contributed by atoms with Crippen molar-refractivity contribution in [1.29, 1.82) is 0 Å². The van der Waals surface area contributed by atoms with Gasteiger partial charge in [-0.05, 0) is 18.9 Å². The molecule has 0 saturated carbocycles. The number of aromatic nitrogens is 5. The van der Waals surface area contributed by atoms with Crippen molar-refractivity contribution >= 4 is 0 Å². The van der Waals surface area contributed by atoms with Gasteiger partial charge in [-0.2, -0.15) is 0 Å². The summed E-state index contributed by atoms with van der Waals surface area (Å²) in [4.78, 5) is 4.39. The van der Waals surface area contributed by atoms with Crippen molar-refractivity contribution in [2.75, 3.05) is 6.54 Å². The van der Waals surface area contributed by atoms with Crippen molar-refractivity contribution in [1.82, 2.24) is 29.9 Å². The Hall–Kier alpha value is -1.69. The molecule has 0 fully saturated rings. The van der Waals surface area contributed by atoms with Gasteiger partial charge in [0.25, 0.3) is 0 Å². The average Bonchev–Trinajstić information content (AvgIpc) is 3.06. The number of hydrogen-bond donors (Lipinski definition) is 1. The normalized spacial score (nSPS) is 11.4. The van der Waals surface area contributed by atoms with Gasteiger partial charge in [0.2, 0.25) is 0 Å². The zero-order chi connectivity index (χ0) is 15.1. The van der Waals surface area contributed by atoms with E-state index in [1.165, 1.54) is 0 Å². The molecule has 0 aliphatic heterocycles. The zero-order valence-corrected chi connectivity index (χ0v) is 13.3. The summed E-state index contributed by atoms with van der Waals surface area (Å²) in [6.07, 6.45) is 8.06. The maximum atomic E-state index is 4.39. The third-order valence-electron chi connectivity index (χ3n) is 3.29. The van der Waals surface area contributed by atoms with Gasteiger partial charge < -0.3 is 9.88 Å². The number of hydrogen-bond acceptors (Lipinski definition) is 4. The Morgan fingerprint density at radius 2 is 2.14 bits per heavy atom. The molecule has 0 aromatic carbocycles. The summed E-state index contributed by atoms with van der Waals surface area (Å²) in [7, 11) is 0. The van der Waals surface area contributed by atoms with E-state index in [1.54, 1.807) is 0 Å². The Labute approximate surface area is 126 Å². The minimum absolute atomic E-state index is 0.651. The smallest absolute Gasteiger partial charge is 0.108 e. The predicted molar refractivity (Wildman–Crippen MR) is 82.8 cm³/mol. The van der Waals surface area contributed by atoms with Gasteiger partial charge in [-0.3, -0.25) is 4.68 Å². The van der Waals surface area contributed by atoms with Crippen LogP contribution in [0.25, 0.3) is 0 Å². The van der Waals surface area contributed by atoms with Crippen molar-refractivity contribution in [3.8, 4) is 0 Å². The van der Waals surface area contributed by atoms with Crippen molar-refractivity contribution in [2.45, 2.75) is 53.2 Å². The highest BCUT2D eigenvalue weighted by Gasteiger charge is 2.04. The van der Waals surface area contributed by atoms with Gasteiger partial charge in [-0.1, -0.05) is 26.0 Å². The molecule has 2 heterocycles. The first-order valence-corrected chi connectivity index (χ1v) is 7.78. The van der Waals surface area contributed by atoms with Gasteiger partial charge in [0.1, 0.15) is 5.82 Å². The van der Waals surface area contributed by atoms with Crippen LogP contribution in [0, 0.1) is 5.92 Å². The standard InChI is InChI=1S/C15H26N6/c1-4-5-15-17-6-7-20(15)8-9-21-12-14(18-19-21)11-16-10-13(2)3/h6-7,12-13,16H,4-5,8-11H2,1-3H3. The highest BCUT2D eigenvalue weighted by Crippen LogP contribution is 2.02. The van der Waals surface area contributed by atoms with Crippen LogP contribution in [0.1, 0.15) is 38.7 Å². The van der Waals surface area contributed by atoms with Gasteiger partial charge in [0.05, 0.1) is 12.2 Å². The number of rotatable bonds is 9. The van der Waals surface area contributed by atoms with Crippen LogP contribution in [-0.4, -0.2) is 31.1 Å². The van der Waals surface area contributed by atoms with E-state index in [9.17, 15) is 0 Å². The molecule has 0 aliphatic carbocycles. The molecule has 0 saturated heterocycles. The molecule has 6 nitrogen and oxygen atoms in total. The van der Waals surface area contributed by atoms with E-state index < -0.39 is 0 Å². The molecule has 21 heavy (non-hydrogen) atoms. The maximum Gasteiger partial charge on any atom is 0.108 e. The van der Waals surface area contributed by atoms with Crippen LogP contribution in [0.4, 0.5) is 0 Å². The quantitative estimate of drug-likeness (QED) is 0.766. The van der Waals surface area contributed by atoms with E-state index in [1.807, 2.05) is 23.3 Å². The highest BCUT2D eigenvalue weighted by atomic mass is 15.4. The van der Waals surface area contributed by atoms with Gasteiger partial charge in [0, 0.05) is 38.1 Å². The summed E-state index contributed by atoms with van der Waals surface area (Å²) >= 11 is 0. The number of imidazole rings is 1. The second-order valence-electron chi connectivity index (χ2n) is 5.78. The van der Waals surface area contributed by atoms with Gasteiger partial charge in [0.15, 0.2) is 0 Å². The molecule has 0 atom stereocenters. The van der Waals surface area contributed by atoms with Gasteiger partial charge >= 0.3 is 0 Å². The number of aryl methyl sites for hydroxylation is 3. The molecule has 6 heteroatoms. The fraction of sp³-hybridized carbons (Fsp3) is 0.667. The molecule has 0 unspecified atom stereocenters. The average molecular weight is 290 g/mol. The summed E-state index contributed by atoms with van der Waals surface area (Å²) in [5.74, 6) is 1.80. The molecule has 0 amide bonds. The molecule has 2 rings (SSSR count). The van der Waals surface area contributed by atoms with Crippen LogP contribution >= 0.6 is 0 Å². The molecular formula is C15H26N6. The van der Waals surface area contributed by atoms with E-state index in [0.717, 1.165) is 50.5 Å². The largest absolute Gasteiger partial charge is 0.333 e. The van der Waals surface area contributed by atoms with Crippen LogP contribution in [0.3, 0.4) is 0 Å². The Kier molecular flexibility index (Phi) is 5.92. The second kappa shape index (κ2) is 7.93. The third-order valence-corrected chi connectivity index (χ3v) is 3.29. The first-order chi connectivity index (χ1) is 10.2. The molecule has 0 aliphatic rings. The summed E-state index contributed by atoms with van der Waals surface area (Å²) in [6.45, 7) is 10.1. The van der Waals surface area contributed by atoms with Crippen LogP contribution in [0.5, 0.6) is 0 Å². The molecule has 0 bridgehead atoms. The Morgan fingerprint density at radius 1 is 1.29 bits per heavy atom. The number of nitrogens with one attached hydrogen (secondary N) is 1. The van der Waals surface area contributed by atoms with Gasteiger partial charge in [-0.25, -0.2) is 4.98 Å². The van der Waals surface area contributed by atoms with Crippen molar-refractivity contribution in [3.05, 3.63) is 30.1 Å². The van der Waals surface area contributed by atoms with Gasteiger partial charge in [-0.15, -0.1) is 5.10 Å². The molecular weight excluding hydrogens is 264 g/mol. The van der Waals surface area contributed by atoms with Crippen molar-refractivity contribution < 1.29 is 0 Å². The molecule has 1 N–H and O–H groups in total. The van der Waals surface area contributed by atoms with Crippen LogP contribution < -0.4 is 5.32 Å². The minimum atomic E-state index is 0.651. The third kappa shape index (κ3) is 4.97. The predicted octanol–water partition coefficient (Wildman–Crippen LogP) is 1.87. The number of nitrogens with zero attached hydrogens (tertiary/aromatic N) is 5. The molecule has 116 valence electrons. The fourth-order valence-corrected chi connectivity index (χ4v) is 2.22. The lowest BCUT2D eigenvalue weighted by Gasteiger charge is -2.06. The van der Waals surface area contributed by atoms with E-state index >= 15 is 0 Å². The van der Waals surface area contributed by atoms with Crippen molar-refractivity contribution in [2.24, 2.45) is 5.92 Å². The van der Waals surface area contributed by atoms with Crippen molar-refractivity contribution in [3.63, 3.8) is 0 Å². The lowest BCUT2D eigenvalue weighted by Crippen LogP contribution is -2.19. The summed E-state index contributed by atoms with van der Waals surface area (Å²) in [5.41, 5.74) is 0.995. The lowest BCUT2D eigenvalue weighted by atomic mass is 10.2. The van der Waals surface area contributed by atoms with E-state index in [-0.39, 0.29) is 0 Å². The summed E-state index contributed by atoms with van der Waals surface area (Å²) in [6, 6.07) is 0. The minimum Gasteiger partial charge on any atom is -0.333 e. The molecule has 2 aromatic rings. The first-order valence-electron chi connectivity index (χ1n) is 7.78. The zero-order valence-electron chi connectivity index (χ0n) is 13.3. The molecule has 0 radical (unpaired) electrons. The van der Waals surface area contributed by atoms with Crippen LogP contribution in [-0.2, 0) is 26.1 Å². The lowest BCUT2D eigenvalue weighted by molar-refractivity contribution is 0.506. The second-order valence-corrected chi connectivity index (χ2v) is 5.78. The van der Waals surface area contributed by atoms with E-state index in [4.69, 9.17) is 0 Å². The van der Waals surface area contributed by atoms with E-state index in [2.05, 4.69) is 46.0 Å². The summed E-state index contributed by atoms with van der Waals surface area (Å²) in [5, 5.41) is 11.8.